The van der Waals surface area contributed by atoms with Crippen molar-refractivity contribution in [2.75, 3.05) is 11.1 Å². The number of hydrogen-bond donors (Lipinski definition) is 1. The second kappa shape index (κ2) is 5.38. The van der Waals surface area contributed by atoms with Gasteiger partial charge in [-0.2, -0.15) is 0 Å². The first-order chi connectivity index (χ1) is 9.63. The number of hydrogen-bond acceptors (Lipinski definition) is 5. The van der Waals surface area contributed by atoms with Crippen LogP contribution in [0.1, 0.15) is 17.4 Å². The maximum absolute atomic E-state index is 11.7. The Kier molecular flexibility index (Phi) is 3.58. The van der Waals surface area contributed by atoms with Crippen molar-refractivity contribution in [1.82, 2.24) is 4.98 Å². The van der Waals surface area contributed by atoms with Crippen molar-refractivity contribution in [1.29, 1.82) is 0 Å². The Bertz CT molecular complexity index is 694. The van der Waals surface area contributed by atoms with E-state index in [1.165, 1.54) is 28.7 Å². The van der Waals surface area contributed by atoms with Crippen LogP contribution >= 0.6 is 23.1 Å². The smallest absolute Gasteiger partial charge is 0.236 e. The number of carbonyl (C=O) groups is 2. The summed E-state index contributed by atoms with van der Waals surface area (Å²) >= 11 is 2.51. The van der Waals surface area contributed by atoms with Crippen LogP contribution in [0.5, 0.6) is 0 Å². The lowest BCUT2D eigenvalue weighted by atomic mass is 10.1. The normalized spacial score (nSPS) is 11.8. The Morgan fingerprint density at radius 1 is 1.40 bits per heavy atom. The molecular weight excluding hydrogens is 292 g/mol. The third-order valence-corrected chi connectivity index (χ3v) is 4.76. The molecule has 0 radical (unpaired) electrons. The van der Waals surface area contributed by atoms with Crippen LogP contribution in [-0.4, -0.2) is 21.8 Å². The third kappa shape index (κ3) is 2.62. The molecule has 2 aromatic rings. The minimum absolute atomic E-state index is 0.0595. The van der Waals surface area contributed by atoms with Crippen LogP contribution in [0.3, 0.4) is 0 Å². The number of thiazole rings is 1. The molecule has 1 amide bonds. The van der Waals surface area contributed by atoms with Gasteiger partial charge in [-0.3, -0.25) is 9.59 Å². The molecule has 20 heavy (non-hydrogen) atoms. The number of rotatable bonds is 3. The molecule has 1 aromatic heterocycles. The Labute approximate surface area is 124 Å². The van der Waals surface area contributed by atoms with Crippen LogP contribution in [0.15, 0.2) is 24.3 Å². The second-order valence-electron chi connectivity index (χ2n) is 4.45. The summed E-state index contributed by atoms with van der Waals surface area (Å²) in [6.45, 7) is 1.45. The summed E-state index contributed by atoms with van der Waals surface area (Å²) < 4.78 is 0. The molecule has 0 saturated heterocycles. The van der Waals surface area contributed by atoms with E-state index in [4.69, 9.17) is 0 Å². The minimum atomic E-state index is -0.189. The van der Waals surface area contributed by atoms with E-state index in [-0.39, 0.29) is 16.8 Å². The van der Waals surface area contributed by atoms with Gasteiger partial charge in [0, 0.05) is 23.8 Å². The van der Waals surface area contributed by atoms with Crippen molar-refractivity contribution >= 4 is 39.3 Å². The number of fused-ring (bicyclic) bond motifs is 3. The molecule has 6 heteroatoms. The van der Waals surface area contributed by atoms with Crippen molar-refractivity contribution in [2.45, 2.75) is 13.3 Å². The zero-order chi connectivity index (χ0) is 14.1. The van der Waals surface area contributed by atoms with E-state index < -0.39 is 0 Å². The van der Waals surface area contributed by atoms with E-state index in [0.717, 1.165) is 29.4 Å². The molecule has 1 heterocycles. The van der Waals surface area contributed by atoms with Gasteiger partial charge in [0.05, 0.1) is 11.4 Å². The second-order valence-corrected chi connectivity index (χ2v) is 6.69. The summed E-state index contributed by atoms with van der Waals surface area (Å²) in [5.74, 6) is -0.0539. The molecule has 3 rings (SSSR count). The van der Waals surface area contributed by atoms with Crippen LogP contribution in [0, 0.1) is 0 Å². The Morgan fingerprint density at radius 2 is 2.20 bits per heavy atom. The molecule has 0 atom stereocenters. The van der Waals surface area contributed by atoms with Gasteiger partial charge in [0.2, 0.25) is 5.91 Å². The number of aromatic nitrogens is 1. The van der Waals surface area contributed by atoms with Gasteiger partial charge in [-0.05, 0) is 5.56 Å². The predicted octanol–water partition coefficient (Wildman–Crippen LogP) is 2.93. The summed E-state index contributed by atoms with van der Waals surface area (Å²) in [5, 5.41) is 3.30. The highest BCUT2D eigenvalue weighted by Crippen LogP contribution is 2.40. The summed E-state index contributed by atoms with van der Waals surface area (Å²) in [5.41, 5.74) is 3.41. The van der Waals surface area contributed by atoms with Gasteiger partial charge in [-0.25, -0.2) is 4.98 Å². The number of nitrogens with one attached hydrogen (secondary N) is 1. The van der Waals surface area contributed by atoms with E-state index in [2.05, 4.69) is 22.4 Å². The van der Waals surface area contributed by atoms with Crippen molar-refractivity contribution in [3.8, 4) is 11.3 Å². The maximum atomic E-state index is 11.7. The number of benzene rings is 1. The molecule has 0 saturated carbocycles. The van der Waals surface area contributed by atoms with Gasteiger partial charge in [0.15, 0.2) is 10.2 Å². The molecule has 102 valence electrons. The van der Waals surface area contributed by atoms with Crippen molar-refractivity contribution in [3.05, 3.63) is 34.7 Å². The van der Waals surface area contributed by atoms with Gasteiger partial charge in [-0.1, -0.05) is 36.0 Å². The fourth-order valence-electron chi connectivity index (χ4n) is 2.14. The van der Waals surface area contributed by atoms with Crippen LogP contribution in [0.4, 0.5) is 5.13 Å². The van der Waals surface area contributed by atoms with E-state index >= 15 is 0 Å². The fraction of sp³-hybridized carbons (Fsp3) is 0.214. The first-order valence-corrected chi connectivity index (χ1v) is 7.95. The first-order valence-electron chi connectivity index (χ1n) is 6.14. The predicted molar refractivity (Wildman–Crippen MR) is 82.1 cm³/mol. The van der Waals surface area contributed by atoms with E-state index in [0.29, 0.717) is 5.13 Å². The van der Waals surface area contributed by atoms with E-state index in [1.54, 1.807) is 0 Å². The maximum Gasteiger partial charge on any atom is 0.236 e. The lowest BCUT2D eigenvalue weighted by Crippen LogP contribution is -2.14. The molecule has 0 aliphatic heterocycles. The van der Waals surface area contributed by atoms with Crippen molar-refractivity contribution < 1.29 is 9.59 Å². The van der Waals surface area contributed by atoms with Gasteiger partial charge in [0.25, 0.3) is 0 Å². The lowest BCUT2D eigenvalue weighted by molar-refractivity contribution is -0.114. The van der Waals surface area contributed by atoms with Gasteiger partial charge in [-0.15, -0.1) is 11.3 Å². The van der Waals surface area contributed by atoms with Crippen LogP contribution in [0.2, 0.25) is 0 Å². The number of nitrogens with zero attached hydrogens (tertiary/aromatic N) is 1. The Balaban J connectivity index is 1.73. The summed E-state index contributed by atoms with van der Waals surface area (Å²) in [6, 6.07) is 8.18. The SMILES string of the molecule is CC(=O)SCC(=O)Nc1nc2c(s1)Cc1ccccc1-2. The zero-order valence-corrected chi connectivity index (χ0v) is 12.4. The lowest BCUT2D eigenvalue weighted by Gasteiger charge is -2.00. The fourth-order valence-corrected chi connectivity index (χ4v) is 3.56. The molecule has 1 aliphatic rings. The molecule has 4 nitrogen and oxygen atoms in total. The van der Waals surface area contributed by atoms with Crippen molar-refractivity contribution in [3.63, 3.8) is 0 Å². The Hall–Kier alpha value is -1.66. The highest BCUT2D eigenvalue weighted by molar-refractivity contribution is 8.14. The molecule has 0 fully saturated rings. The highest BCUT2D eigenvalue weighted by Gasteiger charge is 2.23. The summed E-state index contributed by atoms with van der Waals surface area (Å²) in [7, 11) is 0. The third-order valence-electron chi connectivity index (χ3n) is 2.97. The zero-order valence-electron chi connectivity index (χ0n) is 10.8. The Morgan fingerprint density at radius 3 is 3.00 bits per heavy atom. The molecule has 1 aromatic carbocycles. The number of anilines is 1. The van der Waals surface area contributed by atoms with Gasteiger partial charge < -0.3 is 5.32 Å². The molecule has 1 aliphatic carbocycles. The van der Waals surface area contributed by atoms with E-state index in [9.17, 15) is 9.59 Å². The van der Waals surface area contributed by atoms with Crippen LogP contribution < -0.4 is 5.32 Å². The summed E-state index contributed by atoms with van der Waals surface area (Å²) in [6.07, 6.45) is 0.876. The largest absolute Gasteiger partial charge is 0.301 e. The molecule has 1 N–H and O–H groups in total. The quantitative estimate of drug-likeness (QED) is 0.808. The monoisotopic (exact) mass is 304 g/mol. The van der Waals surface area contributed by atoms with Gasteiger partial charge in [0.1, 0.15) is 0 Å². The molecule has 0 spiro atoms. The molecular formula is C14H12N2O2S2. The van der Waals surface area contributed by atoms with Crippen LogP contribution in [-0.2, 0) is 16.0 Å². The van der Waals surface area contributed by atoms with E-state index in [1.807, 2.05) is 12.1 Å². The number of carbonyl (C=O) groups excluding carboxylic acids is 2. The average Bonchev–Trinajstić information content (AvgIpc) is 2.93. The van der Waals surface area contributed by atoms with Gasteiger partial charge >= 0.3 is 0 Å². The number of thioether (sulfide) groups is 1. The standard InChI is InChI=1S/C14H12N2O2S2/c1-8(17)19-7-12(18)15-14-16-13-10-5-3-2-4-9(10)6-11(13)20-14/h2-5H,6-7H2,1H3,(H,15,16,18). The van der Waals surface area contributed by atoms with Crippen molar-refractivity contribution in [2.24, 2.45) is 0 Å². The number of amides is 1. The summed E-state index contributed by atoms with van der Waals surface area (Å²) in [4.78, 5) is 28.2. The minimum Gasteiger partial charge on any atom is -0.301 e. The average molecular weight is 304 g/mol. The molecule has 0 bridgehead atoms. The highest BCUT2D eigenvalue weighted by atomic mass is 32.2. The topological polar surface area (TPSA) is 59.1 Å². The van der Waals surface area contributed by atoms with Crippen LogP contribution in [0.25, 0.3) is 11.3 Å². The molecule has 0 unspecified atom stereocenters. The first kappa shape index (κ1) is 13.3.